The van der Waals surface area contributed by atoms with Gasteiger partial charge in [0.05, 0.1) is 6.61 Å². The third-order valence-corrected chi connectivity index (χ3v) is 3.16. The summed E-state index contributed by atoms with van der Waals surface area (Å²) in [5.74, 6) is 0.862. The monoisotopic (exact) mass is 210 g/mol. The molecule has 0 heterocycles. The van der Waals surface area contributed by atoms with E-state index in [4.69, 9.17) is 5.11 Å². The number of benzene rings is 1. The molecule has 1 aromatic carbocycles. The van der Waals surface area contributed by atoms with Gasteiger partial charge < -0.3 is 5.11 Å². The molecule has 1 aromatic rings. The normalized spacial score (nSPS) is 12.4. The van der Waals surface area contributed by atoms with Crippen molar-refractivity contribution in [3.05, 3.63) is 42.0 Å². The van der Waals surface area contributed by atoms with Crippen LogP contribution in [0.2, 0.25) is 0 Å². The molecule has 0 spiro atoms. The zero-order chi connectivity index (χ0) is 10.4. The molecule has 1 unspecified atom stereocenters. The molecule has 0 bridgehead atoms. The largest absolute Gasteiger partial charge is 0.395 e. The predicted molar refractivity (Wildman–Crippen MR) is 60.3 cm³/mol. The van der Waals surface area contributed by atoms with Gasteiger partial charge in [-0.25, -0.2) is 0 Å². The number of aliphatic hydroxyl groups excluding tert-OH is 1. The third-order valence-electron chi connectivity index (χ3n) is 1.86. The van der Waals surface area contributed by atoms with Crippen molar-refractivity contribution in [2.75, 3.05) is 12.4 Å². The van der Waals surface area contributed by atoms with Crippen LogP contribution < -0.4 is 0 Å². The highest BCUT2D eigenvalue weighted by Gasteiger charge is 2.00. The lowest BCUT2D eigenvalue weighted by Crippen LogP contribution is -2.04. The van der Waals surface area contributed by atoms with Gasteiger partial charge in [-0.2, -0.15) is 0 Å². The highest BCUT2D eigenvalue weighted by atomic mass is 32.2. The first-order chi connectivity index (χ1) is 6.76. The molecule has 0 radical (unpaired) electrons. The maximum Gasteiger partial charge on any atom is 0.0546 e. The predicted octanol–water partition coefficient (Wildman–Crippen LogP) is 1.57. The van der Waals surface area contributed by atoms with E-state index in [9.17, 15) is 4.21 Å². The molecule has 0 aliphatic rings. The number of rotatable bonds is 5. The lowest BCUT2D eigenvalue weighted by atomic mass is 10.1. The van der Waals surface area contributed by atoms with E-state index in [1.165, 1.54) is 0 Å². The number of hydrogen-bond acceptors (Lipinski definition) is 2. The quantitative estimate of drug-likeness (QED) is 0.801. The van der Waals surface area contributed by atoms with Gasteiger partial charge in [0.1, 0.15) is 0 Å². The van der Waals surface area contributed by atoms with E-state index in [1.807, 2.05) is 24.3 Å². The first kappa shape index (κ1) is 11.1. The Morgan fingerprint density at radius 3 is 2.50 bits per heavy atom. The summed E-state index contributed by atoms with van der Waals surface area (Å²) >= 11 is 0. The van der Waals surface area contributed by atoms with Crippen LogP contribution in [0.4, 0.5) is 0 Å². The molecule has 0 saturated heterocycles. The van der Waals surface area contributed by atoms with Crippen molar-refractivity contribution in [1.82, 2.24) is 0 Å². The van der Waals surface area contributed by atoms with E-state index in [1.54, 1.807) is 6.08 Å². The minimum atomic E-state index is -0.955. The summed E-state index contributed by atoms with van der Waals surface area (Å²) in [6.45, 7) is 3.64. The van der Waals surface area contributed by atoms with Crippen LogP contribution in [-0.4, -0.2) is 21.7 Å². The van der Waals surface area contributed by atoms with Crippen LogP contribution in [-0.2, 0) is 16.6 Å². The molecule has 0 saturated carbocycles. The lowest BCUT2D eigenvalue weighted by Gasteiger charge is -2.01. The second-order valence-electron chi connectivity index (χ2n) is 2.96. The molecule has 76 valence electrons. The van der Waals surface area contributed by atoms with Crippen molar-refractivity contribution in [3.8, 4) is 0 Å². The Kier molecular flexibility index (Phi) is 4.56. The highest BCUT2D eigenvalue weighted by molar-refractivity contribution is 7.84. The Labute approximate surface area is 86.7 Å². The molecule has 0 aliphatic heterocycles. The maximum atomic E-state index is 11.3. The second-order valence-corrected chi connectivity index (χ2v) is 4.53. The van der Waals surface area contributed by atoms with Gasteiger partial charge in [0.25, 0.3) is 0 Å². The number of hydrogen-bond donors (Lipinski definition) is 1. The standard InChI is InChI=1S/C11H14O2S/c1-2-10-3-5-11(6-4-10)9-14(13)8-7-12/h2-6,12H,1,7-9H2. The molecular formula is C11H14O2S. The second kappa shape index (κ2) is 5.73. The van der Waals surface area contributed by atoms with Gasteiger partial charge in [-0.1, -0.05) is 36.9 Å². The summed E-state index contributed by atoms with van der Waals surface area (Å²) in [5, 5.41) is 8.59. The summed E-state index contributed by atoms with van der Waals surface area (Å²) in [6, 6.07) is 7.76. The van der Waals surface area contributed by atoms with Gasteiger partial charge in [0, 0.05) is 22.3 Å². The van der Waals surface area contributed by atoms with Crippen LogP contribution in [0.25, 0.3) is 6.08 Å². The molecule has 1 atom stereocenters. The van der Waals surface area contributed by atoms with Crippen LogP contribution in [0.15, 0.2) is 30.8 Å². The van der Waals surface area contributed by atoms with Gasteiger partial charge in [0.2, 0.25) is 0 Å². The fraction of sp³-hybridized carbons (Fsp3) is 0.273. The Morgan fingerprint density at radius 2 is 2.00 bits per heavy atom. The molecule has 0 aromatic heterocycles. The minimum absolute atomic E-state index is 0.0165. The molecule has 1 N–H and O–H groups in total. The van der Waals surface area contributed by atoms with E-state index < -0.39 is 10.8 Å². The fourth-order valence-electron chi connectivity index (χ4n) is 1.11. The summed E-state index contributed by atoms with van der Waals surface area (Å²) in [6.07, 6.45) is 1.77. The zero-order valence-corrected chi connectivity index (χ0v) is 8.80. The van der Waals surface area contributed by atoms with Crippen molar-refractivity contribution in [3.63, 3.8) is 0 Å². The summed E-state index contributed by atoms with van der Waals surface area (Å²) in [4.78, 5) is 0. The van der Waals surface area contributed by atoms with Crippen LogP contribution in [0.1, 0.15) is 11.1 Å². The maximum absolute atomic E-state index is 11.3. The van der Waals surface area contributed by atoms with E-state index in [2.05, 4.69) is 6.58 Å². The van der Waals surface area contributed by atoms with Crippen molar-refractivity contribution >= 4 is 16.9 Å². The molecule has 2 nitrogen and oxygen atoms in total. The van der Waals surface area contributed by atoms with Gasteiger partial charge >= 0.3 is 0 Å². The average molecular weight is 210 g/mol. The SMILES string of the molecule is C=Cc1ccc(CS(=O)CCO)cc1. The van der Waals surface area contributed by atoms with Crippen molar-refractivity contribution in [2.24, 2.45) is 0 Å². The fourth-order valence-corrected chi connectivity index (χ4v) is 2.02. The van der Waals surface area contributed by atoms with Crippen molar-refractivity contribution < 1.29 is 9.32 Å². The average Bonchev–Trinajstić information content (AvgIpc) is 2.19. The summed E-state index contributed by atoms with van der Waals surface area (Å²) < 4.78 is 11.3. The Morgan fingerprint density at radius 1 is 1.36 bits per heavy atom. The molecule has 14 heavy (non-hydrogen) atoms. The molecule has 0 amide bonds. The summed E-state index contributed by atoms with van der Waals surface area (Å²) in [5.41, 5.74) is 2.09. The molecule has 0 aliphatic carbocycles. The topological polar surface area (TPSA) is 37.3 Å². The van der Waals surface area contributed by atoms with Gasteiger partial charge in [0.15, 0.2) is 0 Å². The molecule has 0 fully saturated rings. The van der Waals surface area contributed by atoms with Crippen molar-refractivity contribution in [1.29, 1.82) is 0 Å². The Bertz CT molecular complexity index is 317. The van der Waals surface area contributed by atoms with Crippen LogP contribution in [0.5, 0.6) is 0 Å². The van der Waals surface area contributed by atoms with E-state index in [0.717, 1.165) is 11.1 Å². The van der Waals surface area contributed by atoms with Gasteiger partial charge in [-0.15, -0.1) is 0 Å². The summed E-state index contributed by atoms with van der Waals surface area (Å²) in [7, 11) is -0.955. The Hall–Kier alpha value is -0.930. The Balaban J connectivity index is 2.59. The van der Waals surface area contributed by atoms with Crippen LogP contribution >= 0.6 is 0 Å². The van der Waals surface area contributed by atoms with E-state index in [-0.39, 0.29) is 6.61 Å². The first-order valence-electron chi connectivity index (χ1n) is 4.43. The van der Waals surface area contributed by atoms with Gasteiger partial charge in [-0.3, -0.25) is 4.21 Å². The molecule has 3 heteroatoms. The smallest absolute Gasteiger partial charge is 0.0546 e. The minimum Gasteiger partial charge on any atom is -0.395 e. The number of aliphatic hydroxyl groups is 1. The first-order valence-corrected chi connectivity index (χ1v) is 5.92. The van der Waals surface area contributed by atoms with E-state index in [0.29, 0.717) is 11.5 Å². The van der Waals surface area contributed by atoms with E-state index >= 15 is 0 Å². The highest BCUT2D eigenvalue weighted by Crippen LogP contribution is 2.07. The zero-order valence-electron chi connectivity index (χ0n) is 7.98. The molecular weight excluding hydrogens is 196 g/mol. The van der Waals surface area contributed by atoms with Crippen LogP contribution in [0.3, 0.4) is 0 Å². The lowest BCUT2D eigenvalue weighted by molar-refractivity contribution is 0.321. The van der Waals surface area contributed by atoms with Crippen molar-refractivity contribution in [2.45, 2.75) is 5.75 Å². The third kappa shape index (κ3) is 3.44. The van der Waals surface area contributed by atoms with Crippen LogP contribution in [0, 0.1) is 0 Å². The van der Waals surface area contributed by atoms with Gasteiger partial charge in [-0.05, 0) is 11.1 Å². The molecule has 1 rings (SSSR count).